The molecule has 0 aliphatic carbocycles. The molecule has 86 valence electrons. The lowest BCUT2D eigenvalue weighted by atomic mass is 10.2. The van der Waals surface area contributed by atoms with Crippen LogP contribution in [0, 0.1) is 17.1 Å². The zero-order chi connectivity index (χ0) is 12.3. The largest absolute Gasteiger partial charge is 0.223 e. The molecule has 1 rings (SSSR count). The fourth-order valence-electron chi connectivity index (χ4n) is 1.10. The molecule has 0 aromatic heterocycles. The van der Waals surface area contributed by atoms with Gasteiger partial charge in [0, 0.05) is 5.88 Å². The number of hydrogen-bond acceptors (Lipinski definition) is 3. The van der Waals surface area contributed by atoms with Gasteiger partial charge in [0.2, 0.25) is 0 Å². The Morgan fingerprint density at radius 3 is 2.62 bits per heavy atom. The van der Waals surface area contributed by atoms with Crippen molar-refractivity contribution in [3.8, 4) is 6.07 Å². The molecule has 0 aliphatic rings. The Morgan fingerprint density at radius 1 is 1.56 bits per heavy atom. The zero-order valence-electron chi connectivity index (χ0n) is 8.44. The highest BCUT2D eigenvalue weighted by atomic mass is 35.5. The van der Waals surface area contributed by atoms with Crippen LogP contribution in [0.3, 0.4) is 0 Å². The van der Waals surface area contributed by atoms with Crippen LogP contribution in [0.2, 0.25) is 0 Å². The number of rotatable bonds is 3. The van der Waals surface area contributed by atoms with E-state index in [1.54, 1.807) is 6.07 Å². The minimum atomic E-state index is -3.76. The lowest BCUT2D eigenvalue weighted by Gasteiger charge is -2.10. The zero-order valence-corrected chi connectivity index (χ0v) is 10.0. The summed E-state index contributed by atoms with van der Waals surface area (Å²) in [7, 11) is -3.76. The van der Waals surface area contributed by atoms with Gasteiger partial charge in [0.05, 0.1) is 16.9 Å². The number of nitriles is 1. The van der Waals surface area contributed by atoms with Gasteiger partial charge in [-0.15, -0.1) is 11.6 Å². The molecule has 16 heavy (non-hydrogen) atoms. The summed E-state index contributed by atoms with van der Waals surface area (Å²) in [5.74, 6) is -1.03. The van der Waals surface area contributed by atoms with Gasteiger partial charge in [0.25, 0.3) is 0 Å². The Labute approximate surface area is 98.4 Å². The molecule has 0 amide bonds. The molecule has 1 atom stereocenters. The van der Waals surface area contributed by atoms with Gasteiger partial charge in [-0.25, -0.2) is 12.8 Å². The van der Waals surface area contributed by atoms with E-state index in [2.05, 4.69) is 0 Å². The SMILES string of the molecule is CC(CCl)S(=O)(=O)c1ccc(C#N)cc1F. The Hall–Kier alpha value is -1.12. The average molecular weight is 262 g/mol. The van der Waals surface area contributed by atoms with Gasteiger partial charge in [-0.3, -0.25) is 0 Å². The highest BCUT2D eigenvalue weighted by Gasteiger charge is 2.25. The van der Waals surface area contributed by atoms with Gasteiger partial charge < -0.3 is 0 Å². The first-order valence-electron chi connectivity index (χ1n) is 4.43. The molecule has 0 saturated carbocycles. The fourth-order valence-corrected chi connectivity index (χ4v) is 2.79. The maximum atomic E-state index is 13.5. The van der Waals surface area contributed by atoms with Crippen LogP contribution >= 0.6 is 11.6 Å². The third-order valence-electron chi connectivity index (χ3n) is 2.11. The Bertz CT molecular complexity index is 536. The van der Waals surface area contributed by atoms with Crippen molar-refractivity contribution >= 4 is 21.4 Å². The normalized spacial score (nSPS) is 13.1. The molecule has 1 aromatic rings. The quantitative estimate of drug-likeness (QED) is 0.783. The van der Waals surface area contributed by atoms with E-state index in [9.17, 15) is 12.8 Å². The Balaban J connectivity index is 3.31. The van der Waals surface area contributed by atoms with Crippen LogP contribution in [0.1, 0.15) is 12.5 Å². The van der Waals surface area contributed by atoms with Crippen molar-refractivity contribution < 1.29 is 12.8 Å². The van der Waals surface area contributed by atoms with Crippen molar-refractivity contribution in [2.45, 2.75) is 17.1 Å². The summed E-state index contributed by atoms with van der Waals surface area (Å²) in [5, 5.41) is 7.66. The second kappa shape index (κ2) is 4.81. The van der Waals surface area contributed by atoms with E-state index in [-0.39, 0.29) is 11.4 Å². The van der Waals surface area contributed by atoms with E-state index in [0.29, 0.717) is 0 Å². The summed E-state index contributed by atoms with van der Waals surface area (Å²) < 4.78 is 37.0. The first kappa shape index (κ1) is 12.9. The molecule has 0 aliphatic heterocycles. The van der Waals surface area contributed by atoms with E-state index in [0.717, 1.165) is 12.1 Å². The number of alkyl halides is 1. The number of benzene rings is 1. The van der Waals surface area contributed by atoms with E-state index in [1.807, 2.05) is 0 Å². The first-order chi connectivity index (χ1) is 7.43. The van der Waals surface area contributed by atoms with Crippen molar-refractivity contribution in [2.75, 3.05) is 5.88 Å². The van der Waals surface area contributed by atoms with E-state index in [4.69, 9.17) is 16.9 Å². The number of nitrogens with zero attached hydrogens (tertiary/aromatic N) is 1. The molecule has 0 radical (unpaired) electrons. The van der Waals surface area contributed by atoms with Gasteiger partial charge >= 0.3 is 0 Å². The third-order valence-corrected chi connectivity index (χ3v) is 4.93. The van der Waals surface area contributed by atoms with Gasteiger partial charge in [-0.2, -0.15) is 5.26 Å². The summed E-state index contributed by atoms with van der Waals surface area (Å²) in [5.41, 5.74) is 0.0787. The fraction of sp³-hybridized carbons (Fsp3) is 0.300. The predicted molar refractivity (Wildman–Crippen MR) is 58.5 cm³/mol. The minimum Gasteiger partial charge on any atom is -0.223 e. The molecule has 0 saturated heterocycles. The topological polar surface area (TPSA) is 57.9 Å². The second-order valence-corrected chi connectivity index (χ2v) is 5.91. The highest BCUT2D eigenvalue weighted by molar-refractivity contribution is 7.92. The standard InChI is InChI=1S/C10H9ClFNO2S/c1-7(5-11)16(14,15)10-3-2-8(6-13)4-9(10)12/h2-4,7H,5H2,1H3. The van der Waals surface area contributed by atoms with Gasteiger partial charge in [-0.1, -0.05) is 0 Å². The Morgan fingerprint density at radius 2 is 2.19 bits per heavy atom. The monoisotopic (exact) mass is 261 g/mol. The molecule has 0 heterocycles. The summed E-state index contributed by atoms with van der Waals surface area (Å²) in [4.78, 5) is -0.417. The molecule has 0 bridgehead atoms. The van der Waals surface area contributed by atoms with Crippen LogP contribution in [0.25, 0.3) is 0 Å². The molecule has 0 fully saturated rings. The smallest absolute Gasteiger partial charge is 0.185 e. The van der Waals surface area contributed by atoms with Gasteiger partial charge in [-0.05, 0) is 25.1 Å². The first-order valence-corrected chi connectivity index (χ1v) is 6.51. The summed E-state index contributed by atoms with van der Waals surface area (Å²) in [6.07, 6.45) is 0. The van der Waals surface area contributed by atoms with Gasteiger partial charge in [0.1, 0.15) is 10.7 Å². The van der Waals surface area contributed by atoms with Crippen molar-refractivity contribution in [3.63, 3.8) is 0 Å². The van der Waals surface area contributed by atoms with Crippen LogP contribution in [0.5, 0.6) is 0 Å². The predicted octanol–water partition coefficient (Wildman–Crippen LogP) is 2.10. The van der Waals surface area contributed by atoms with E-state index in [1.165, 1.54) is 13.0 Å². The Kier molecular flexibility index (Phi) is 3.89. The number of hydrogen-bond donors (Lipinski definition) is 0. The van der Waals surface area contributed by atoms with Crippen LogP contribution in [0.4, 0.5) is 4.39 Å². The van der Waals surface area contributed by atoms with Crippen molar-refractivity contribution in [3.05, 3.63) is 29.6 Å². The lowest BCUT2D eigenvalue weighted by molar-refractivity contribution is 0.561. The second-order valence-electron chi connectivity index (χ2n) is 3.27. The summed E-state index contributed by atoms with van der Waals surface area (Å²) in [6.45, 7) is 1.40. The van der Waals surface area contributed by atoms with E-state index < -0.39 is 25.8 Å². The van der Waals surface area contributed by atoms with Crippen LogP contribution in [-0.2, 0) is 9.84 Å². The molecule has 0 N–H and O–H groups in total. The summed E-state index contributed by atoms with van der Waals surface area (Å²) >= 11 is 5.44. The maximum absolute atomic E-state index is 13.5. The van der Waals surface area contributed by atoms with E-state index >= 15 is 0 Å². The molecule has 1 aromatic carbocycles. The average Bonchev–Trinajstić information content (AvgIpc) is 2.27. The molecule has 3 nitrogen and oxygen atoms in total. The molecule has 0 spiro atoms. The maximum Gasteiger partial charge on any atom is 0.185 e. The van der Waals surface area contributed by atoms with Crippen molar-refractivity contribution in [1.82, 2.24) is 0 Å². The lowest BCUT2D eigenvalue weighted by Crippen LogP contribution is -2.20. The van der Waals surface area contributed by atoms with Crippen LogP contribution in [0.15, 0.2) is 23.1 Å². The van der Waals surface area contributed by atoms with Crippen LogP contribution in [-0.4, -0.2) is 19.5 Å². The number of halogens is 2. The minimum absolute atomic E-state index is 0.0787. The van der Waals surface area contributed by atoms with Gasteiger partial charge in [0.15, 0.2) is 9.84 Å². The van der Waals surface area contributed by atoms with Crippen molar-refractivity contribution in [2.24, 2.45) is 0 Å². The highest BCUT2D eigenvalue weighted by Crippen LogP contribution is 2.21. The molecular weight excluding hydrogens is 253 g/mol. The van der Waals surface area contributed by atoms with Crippen molar-refractivity contribution in [1.29, 1.82) is 5.26 Å². The summed E-state index contributed by atoms with van der Waals surface area (Å²) in [6, 6.07) is 4.98. The molecule has 6 heteroatoms. The van der Waals surface area contributed by atoms with Crippen LogP contribution < -0.4 is 0 Å². The molecular formula is C10H9ClFNO2S. The third kappa shape index (κ3) is 2.34. The number of sulfone groups is 1. The molecule has 1 unspecified atom stereocenters.